The van der Waals surface area contributed by atoms with Crippen LogP contribution in [0.4, 0.5) is 0 Å². The lowest BCUT2D eigenvalue weighted by Gasteiger charge is -2.18. The Kier molecular flexibility index (Phi) is 28.4. The van der Waals surface area contributed by atoms with E-state index in [-0.39, 0.29) is 37.4 Å². The van der Waals surface area contributed by atoms with Gasteiger partial charge in [0, 0.05) is 30.8 Å². The maximum absolute atomic E-state index is 12.5. The van der Waals surface area contributed by atoms with E-state index in [2.05, 4.69) is 19.2 Å². The van der Waals surface area contributed by atoms with Crippen LogP contribution in [0.3, 0.4) is 0 Å². The van der Waals surface area contributed by atoms with Gasteiger partial charge in [-0.05, 0) is 12.8 Å². The summed E-state index contributed by atoms with van der Waals surface area (Å²) in [5.41, 5.74) is 5.04. The molecule has 0 aromatic carbocycles. The van der Waals surface area contributed by atoms with Crippen LogP contribution in [0.15, 0.2) is 0 Å². The smallest absolute Gasteiger partial charge is 0.306 e. The highest BCUT2D eigenvalue weighted by molar-refractivity contribution is 7.99. The number of nitrogens with two attached hydrogens (primary N) is 1. The summed E-state index contributed by atoms with van der Waals surface area (Å²) in [5.74, 6) is -0.463. The molecule has 8 nitrogen and oxygen atoms in total. The molecular weight excluding hydrogens is 540 g/mol. The first kappa shape index (κ1) is 39.2. The lowest BCUT2D eigenvalue weighted by molar-refractivity contribution is -0.157. The number of rotatable bonds is 30. The van der Waals surface area contributed by atoms with E-state index in [0.29, 0.717) is 24.3 Å². The molecule has 0 aliphatic heterocycles. The van der Waals surface area contributed by atoms with Gasteiger partial charge < -0.3 is 20.5 Å². The topological polar surface area (TPSA) is 125 Å². The highest BCUT2D eigenvalue weighted by Gasteiger charge is 2.17. The van der Waals surface area contributed by atoms with Crippen LogP contribution in [-0.4, -0.2) is 54.5 Å². The fourth-order valence-electron chi connectivity index (χ4n) is 4.43. The highest BCUT2D eigenvalue weighted by atomic mass is 32.2. The van der Waals surface area contributed by atoms with Crippen molar-refractivity contribution in [2.75, 3.05) is 24.7 Å². The van der Waals surface area contributed by atoms with Crippen LogP contribution in [0, 0.1) is 0 Å². The van der Waals surface area contributed by atoms with E-state index >= 15 is 0 Å². The third-order valence-corrected chi connectivity index (χ3v) is 8.03. The molecule has 0 radical (unpaired) electrons. The van der Waals surface area contributed by atoms with Crippen molar-refractivity contribution in [1.82, 2.24) is 5.32 Å². The quantitative estimate of drug-likeness (QED) is 0.0671. The molecule has 0 fully saturated rings. The van der Waals surface area contributed by atoms with Gasteiger partial charge in [0.15, 0.2) is 0 Å². The van der Waals surface area contributed by atoms with Gasteiger partial charge >= 0.3 is 11.9 Å². The van der Waals surface area contributed by atoms with Crippen molar-refractivity contribution < 1.29 is 28.7 Å². The molecule has 0 spiro atoms. The fraction of sp³-hybridized carbons (Fsp3) is 0.875. The van der Waals surface area contributed by atoms with E-state index in [1.165, 1.54) is 88.8 Å². The molecule has 0 aromatic heterocycles. The number of thioether (sulfide) groups is 1. The van der Waals surface area contributed by atoms with Gasteiger partial charge in [0.1, 0.15) is 12.7 Å². The van der Waals surface area contributed by atoms with Gasteiger partial charge in [0.25, 0.3) is 0 Å². The number of nitrogens with one attached hydrogen (secondary N) is 1. The molecule has 0 aliphatic carbocycles. The number of carbonyl (C=O) groups is 4. The number of hydrogen-bond donors (Lipinski definition) is 2. The minimum Gasteiger partial charge on any atom is -0.462 e. The molecule has 3 N–H and O–H groups in total. The number of unbranched alkanes of at least 4 members (excludes halogenated alkanes) is 16. The molecule has 0 bridgehead atoms. The number of amides is 2. The lowest BCUT2D eigenvalue weighted by atomic mass is 10.1. The molecule has 0 heterocycles. The zero-order valence-corrected chi connectivity index (χ0v) is 27.0. The van der Waals surface area contributed by atoms with E-state index in [1.807, 2.05) is 0 Å². The van der Waals surface area contributed by atoms with Gasteiger partial charge in [-0.2, -0.15) is 11.8 Å². The van der Waals surface area contributed by atoms with E-state index in [0.717, 1.165) is 38.5 Å². The number of carbonyl (C=O) groups excluding carboxylic acids is 4. The van der Waals surface area contributed by atoms with Gasteiger partial charge in [-0.1, -0.05) is 117 Å². The van der Waals surface area contributed by atoms with Gasteiger partial charge in [-0.3, -0.25) is 19.2 Å². The Balaban J connectivity index is 4.30. The third-order valence-electron chi connectivity index (χ3n) is 6.93. The van der Waals surface area contributed by atoms with Crippen molar-refractivity contribution in [2.24, 2.45) is 5.73 Å². The predicted octanol–water partition coefficient (Wildman–Crippen LogP) is 7.01. The molecule has 0 saturated heterocycles. The van der Waals surface area contributed by atoms with Crippen LogP contribution in [-0.2, 0) is 28.7 Å². The summed E-state index contributed by atoms with van der Waals surface area (Å²) >= 11 is 1.45. The Morgan fingerprint density at radius 3 is 1.61 bits per heavy atom. The monoisotopic (exact) mass is 600 g/mol. The Morgan fingerprint density at radius 2 is 1.12 bits per heavy atom. The zero-order chi connectivity index (χ0) is 30.4. The summed E-state index contributed by atoms with van der Waals surface area (Å²) in [6.07, 6.45) is 21.6. The van der Waals surface area contributed by atoms with Crippen molar-refractivity contribution in [1.29, 1.82) is 0 Å². The standard InChI is InChI=1S/C32H60N2O6S/c1-3-5-7-9-11-13-15-17-19-21-31(37)39-26-28(27-41-24-23-30(36)34-25-29(33)35)40-32(38)22-20-18-16-14-12-10-8-6-4-2/h28H,3-27H2,1-2H3,(H2,33,35)(H,34,36). The molecule has 0 aliphatic rings. The van der Waals surface area contributed by atoms with E-state index < -0.39 is 12.0 Å². The molecule has 2 amide bonds. The van der Waals surface area contributed by atoms with E-state index in [4.69, 9.17) is 15.2 Å². The zero-order valence-electron chi connectivity index (χ0n) is 26.2. The Labute approximate surface area is 254 Å². The summed E-state index contributed by atoms with van der Waals surface area (Å²) < 4.78 is 11.1. The Morgan fingerprint density at radius 1 is 0.659 bits per heavy atom. The average molecular weight is 601 g/mol. The summed E-state index contributed by atoms with van der Waals surface area (Å²) in [5, 5.41) is 2.45. The SMILES string of the molecule is CCCCCCCCCCCC(=O)OCC(CSCCC(=O)NCC(N)=O)OC(=O)CCCCCCCCCCC. The third kappa shape index (κ3) is 29.5. The van der Waals surface area contributed by atoms with Gasteiger partial charge in [0.05, 0.1) is 6.54 Å². The van der Waals surface area contributed by atoms with Gasteiger partial charge in [-0.25, -0.2) is 0 Å². The molecule has 1 unspecified atom stereocenters. The van der Waals surface area contributed by atoms with Crippen LogP contribution >= 0.6 is 11.8 Å². The first-order valence-electron chi connectivity index (χ1n) is 16.4. The second-order valence-corrected chi connectivity index (χ2v) is 12.2. The van der Waals surface area contributed by atoms with Crippen LogP contribution < -0.4 is 11.1 Å². The van der Waals surface area contributed by atoms with Crippen molar-refractivity contribution in [2.45, 2.75) is 155 Å². The van der Waals surface area contributed by atoms with E-state index in [9.17, 15) is 19.2 Å². The van der Waals surface area contributed by atoms with Crippen molar-refractivity contribution >= 4 is 35.5 Å². The highest BCUT2D eigenvalue weighted by Crippen LogP contribution is 2.14. The number of esters is 2. The summed E-state index contributed by atoms with van der Waals surface area (Å²) in [6.45, 7) is 4.29. The minimum atomic E-state index is -0.589. The molecule has 0 aromatic rings. The first-order chi connectivity index (χ1) is 19.9. The summed E-state index contributed by atoms with van der Waals surface area (Å²) in [6, 6.07) is 0. The predicted molar refractivity (Wildman–Crippen MR) is 169 cm³/mol. The first-order valence-corrected chi connectivity index (χ1v) is 17.5. The maximum Gasteiger partial charge on any atom is 0.306 e. The summed E-state index contributed by atoms with van der Waals surface area (Å²) in [7, 11) is 0. The Hall–Kier alpha value is -1.77. The van der Waals surface area contributed by atoms with Crippen LogP contribution in [0.2, 0.25) is 0 Å². The average Bonchev–Trinajstić information content (AvgIpc) is 2.95. The minimum absolute atomic E-state index is 0.0284. The maximum atomic E-state index is 12.5. The molecule has 41 heavy (non-hydrogen) atoms. The largest absolute Gasteiger partial charge is 0.462 e. The van der Waals surface area contributed by atoms with Crippen molar-refractivity contribution in [3.05, 3.63) is 0 Å². The molecule has 0 saturated carbocycles. The second-order valence-electron chi connectivity index (χ2n) is 11.0. The Bertz CT molecular complexity index is 677. The number of hydrogen-bond acceptors (Lipinski definition) is 7. The lowest BCUT2D eigenvalue weighted by Crippen LogP contribution is -2.33. The molecule has 9 heteroatoms. The van der Waals surface area contributed by atoms with Crippen molar-refractivity contribution in [3.63, 3.8) is 0 Å². The second kappa shape index (κ2) is 29.7. The fourth-order valence-corrected chi connectivity index (χ4v) is 5.36. The normalized spacial score (nSPS) is 11.7. The van der Waals surface area contributed by atoms with Gasteiger partial charge in [-0.15, -0.1) is 0 Å². The van der Waals surface area contributed by atoms with Gasteiger partial charge in [0.2, 0.25) is 11.8 Å². The molecule has 0 rings (SSSR count). The molecule has 1 atom stereocenters. The molecular formula is C32H60N2O6S. The number of ether oxygens (including phenoxy) is 2. The number of primary amides is 1. The van der Waals surface area contributed by atoms with Crippen LogP contribution in [0.5, 0.6) is 0 Å². The van der Waals surface area contributed by atoms with Crippen LogP contribution in [0.25, 0.3) is 0 Å². The van der Waals surface area contributed by atoms with E-state index in [1.54, 1.807) is 0 Å². The molecule has 240 valence electrons. The van der Waals surface area contributed by atoms with Crippen molar-refractivity contribution in [3.8, 4) is 0 Å². The van der Waals surface area contributed by atoms with Crippen LogP contribution in [0.1, 0.15) is 149 Å². The summed E-state index contributed by atoms with van der Waals surface area (Å²) in [4.78, 5) is 47.3.